The van der Waals surface area contributed by atoms with E-state index in [2.05, 4.69) is 6.72 Å². The summed E-state index contributed by atoms with van der Waals surface area (Å²) in [6.07, 6.45) is 0. The third-order valence-electron chi connectivity index (χ3n) is 2.63. The second kappa shape index (κ2) is 6.89. The number of hydrogen-bond acceptors (Lipinski definition) is 4. The van der Waals surface area contributed by atoms with Crippen LogP contribution < -0.4 is 4.74 Å². The molecule has 0 aromatic heterocycles. The fourth-order valence-corrected chi connectivity index (χ4v) is 1.43. The molecule has 0 radical (unpaired) electrons. The number of hydrazone groups is 1. The van der Waals surface area contributed by atoms with Crippen molar-refractivity contribution in [3.05, 3.63) is 29.8 Å². The zero-order valence-corrected chi connectivity index (χ0v) is 12.1. The minimum Gasteiger partial charge on any atom is -0.491 e. The number of rotatable bonds is 6. The number of ether oxygens (including phenoxy) is 1. The van der Waals surface area contributed by atoms with E-state index in [0.717, 1.165) is 6.54 Å². The molecule has 0 saturated heterocycles. The van der Waals surface area contributed by atoms with Gasteiger partial charge in [-0.05, 0) is 26.2 Å². The van der Waals surface area contributed by atoms with E-state index in [4.69, 9.17) is 4.74 Å². The van der Waals surface area contributed by atoms with Crippen LogP contribution in [0.25, 0.3) is 0 Å². The van der Waals surface area contributed by atoms with Crippen LogP contribution in [0, 0.1) is 0 Å². The van der Waals surface area contributed by atoms with Crippen molar-refractivity contribution in [1.82, 2.24) is 9.91 Å². The normalized spacial score (nSPS) is 10.4. The highest BCUT2D eigenvalue weighted by molar-refractivity contribution is 5.91. The summed E-state index contributed by atoms with van der Waals surface area (Å²) in [5.74, 6) is 0.398. The van der Waals surface area contributed by atoms with Gasteiger partial charge >= 0.3 is 5.91 Å². The number of benzene rings is 1. The van der Waals surface area contributed by atoms with Gasteiger partial charge in [0.1, 0.15) is 17.9 Å². The monoisotopic (exact) mass is 264 g/mol. The molecule has 0 aliphatic rings. The van der Waals surface area contributed by atoms with Crippen molar-refractivity contribution < 1.29 is 14.2 Å². The quantitative estimate of drug-likeness (QED) is 0.435. The molecule has 0 unspecified atom stereocenters. The van der Waals surface area contributed by atoms with Gasteiger partial charge in [-0.25, -0.2) is 4.79 Å². The number of hydrogen-bond donors (Lipinski definition) is 0. The van der Waals surface area contributed by atoms with E-state index in [1.807, 2.05) is 31.1 Å². The molecule has 0 aliphatic carbocycles. The maximum absolute atomic E-state index is 12.2. The van der Waals surface area contributed by atoms with Gasteiger partial charge in [0.2, 0.25) is 0 Å². The molecule has 1 rings (SSSR count). The summed E-state index contributed by atoms with van der Waals surface area (Å²) in [6, 6.07) is 7.21. The molecule has 1 aromatic carbocycles. The van der Waals surface area contributed by atoms with E-state index in [1.54, 1.807) is 31.2 Å². The molecule has 0 aliphatic heterocycles. The van der Waals surface area contributed by atoms with Crippen molar-refractivity contribution in [2.45, 2.75) is 0 Å². The van der Waals surface area contributed by atoms with Gasteiger partial charge < -0.3 is 9.64 Å². The third-order valence-corrected chi connectivity index (χ3v) is 2.63. The Bertz CT molecular complexity index is 456. The molecule has 1 amide bonds. The number of hydrazine groups is 1. The zero-order chi connectivity index (χ0) is 14.4. The fraction of sp³-hybridized carbons (Fsp3) is 0.429. The standard InChI is InChI=1S/C14H22N3O2/c1-15(2)10-11-19-13-9-7-6-8-12(13)14(18)17(5)16(3)4/h6-9H,5,10-11H2,1-4H3/q+1. The largest absolute Gasteiger partial charge is 0.491 e. The number of nitrogens with zero attached hydrogens (tertiary/aromatic N) is 3. The highest BCUT2D eigenvalue weighted by atomic mass is 16.5. The molecule has 19 heavy (non-hydrogen) atoms. The van der Waals surface area contributed by atoms with Gasteiger partial charge in [-0.1, -0.05) is 16.8 Å². The van der Waals surface area contributed by atoms with Crippen molar-refractivity contribution in [2.75, 3.05) is 41.3 Å². The van der Waals surface area contributed by atoms with E-state index in [1.165, 1.54) is 4.68 Å². The Morgan fingerprint density at radius 1 is 1.26 bits per heavy atom. The van der Waals surface area contributed by atoms with Crippen LogP contribution >= 0.6 is 0 Å². The topological polar surface area (TPSA) is 35.8 Å². The lowest BCUT2D eigenvalue weighted by Gasteiger charge is -2.13. The molecule has 0 atom stereocenters. The van der Waals surface area contributed by atoms with Gasteiger partial charge in [0.05, 0.1) is 14.1 Å². The van der Waals surface area contributed by atoms with E-state index in [9.17, 15) is 4.79 Å². The molecule has 0 saturated carbocycles. The average molecular weight is 264 g/mol. The van der Waals surface area contributed by atoms with Gasteiger partial charge in [0.25, 0.3) is 0 Å². The predicted octanol–water partition coefficient (Wildman–Crippen LogP) is 0.957. The maximum atomic E-state index is 12.2. The van der Waals surface area contributed by atoms with Crippen molar-refractivity contribution in [3.63, 3.8) is 0 Å². The maximum Gasteiger partial charge on any atom is 0.450 e. The smallest absolute Gasteiger partial charge is 0.450 e. The van der Waals surface area contributed by atoms with Gasteiger partial charge in [-0.2, -0.15) is 5.01 Å². The number of carbonyl (C=O) groups is 1. The molecular weight excluding hydrogens is 242 g/mol. The predicted molar refractivity (Wildman–Crippen MR) is 75.9 cm³/mol. The van der Waals surface area contributed by atoms with E-state index in [-0.39, 0.29) is 5.91 Å². The van der Waals surface area contributed by atoms with E-state index < -0.39 is 0 Å². The van der Waals surface area contributed by atoms with Crippen molar-refractivity contribution in [3.8, 4) is 5.75 Å². The highest BCUT2D eigenvalue weighted by Gasteiger charge is 2.24. The minimum absolute atomic E-state index is 0.189. The Kier molecular flexibility index (Phi) is 5.51. The van der Waals surface area contributed by atoms with Gasteiger partial charge in [-0.3, -0.25) is 0 Å². The molecular formula is C14H22N3O2+. The van der Waals surface area contributed by atoms with Crippen LogP contribution in [0.4, 0.5) is 0 Å². The summed E-state index contributed by atoms with van der Waals surface area (Å²) < 4.78 is 6.96. The summed E-state index contributed by atoms with van der Waals surface area (Å²) in [5, 5.41) is 1.62. The van der Waals surface area contributed by atoms with E-state index >= 15 is 0 Å². The number of para-hydroxylation sites is 1. The van der Waals surface area contributed by atoms with Crippen molar-refractivity contribution >= 4 is 12.6 Å². The summed E-state index contributed by atoms with van der Waals surface area (Å²) in [7, 11) is 7.48. The molecule has 0 fully saturated rings. The molecule has 1 aromatic rings. The van der Waals surface area contributed by atoms with Crippen molar-refractivity contribution in [1.29, 1.82) is 0 Å². The number of carbonyl (C=O) groups excluding carboxylic acids is 1. The summed E-state index contributed by atoms with van der Waals surface area (Å²) in [4.78, 5) is 14.3. The van der Waals surface area contributed by atoms with Crippen LogP contribution in [0.1, 0.15) is 10.4 Å². The van der Waals surface area contributed by atoms with Crippen molar-refractivity contribution in [2.24, 2.45) is 0 Å². The second-order valence-electron chi connectivity index (χ2n) is 4.70. The van der Waals surface area contributed by atoms with Crippen LogP contribution in [-0.2, 0) is 0 Å². The Morgan fingerprint density at radius 2 is 1.89 bits per heavy atom. The first-order valence-corrected chi connectivity index (χ1v) is 6.12. The van der Waals surface area contributed by atoms with Crippen LogP contribution in [0.3, 0.4) is 0 Å². The summed E-state index contributed by atoms with van der Waals surface area (Å²) >= 11 is 0. The fourth-order valence-electron chi connectivity index (χ4n) is 1.43. The molecule has 0 N–H and O–H groups in total. The van der Waals surface area contributed by atoms with Crippen LogP contribution in [0.15, 0.2) is 24.3 Å². The first-order chi connectivity index (χ1) is 8.93. The van der Waals surface area contributed by atoms with Crippen LogP contribution in [0.5, 0.6) is 5.75 Å². The lowest BCUT2D eigenvalue weighted by molar-refractivity contribution is -0.587. The van der Waals surface area contributed by atoms with Gasteiger partial charge in [0, 0.05) is 6.54 Å². The number of amides is 1. The molecule has 0 bridgehead atoms. The number of likely N-dealkylation sites (N-methyl/N-ethyl adjacent to an activating group) is 1. The lowest BCUT2D eigenvalue weighted by atomic mass is 10.2. The molecule has 104 valence electrons. The Morgan fingerprint density at radius 3 is 2.47 bits per heavy atom. The molecule has 5 nitrogen and oxygen atoms in total. The first kappa shape index (κ1) is 15.2. The average Bonchev–Trinajstić information content (AvgIpc) is 2.37. The highest BCUT2D eigenvalue weighted by Crippen LogP contribution is 2.18. The molecule has 5 heteroatoms. The first-order valence-electron chi connectivity index (χ1n) is 6.12. The molecule has 0 heterocycles. The molecule has 0 spiro atoms. The lowest BCUT2D eigenvalue weighted by Crippen LogP contribution is -2.32. The SMILES string of the molecule is C=[N+](C(=O)c1ccccc1OCCN(C)C)N(C)C. The van der Waals surface area contributed by atoms with E-state index in [0.29, 0.717) is 17.9 Å². The summed E-state index contributed by atoms with van der Waals surface area (Å²) in [6.45, 7) is 5.04. The Labute approximate surface area is 114 Å². The van der Waals surface area contributed by atoms with Crippen LogP contribution in [-0.4, -0.2) is 68.6 Å². The Balaban J connectivity index is 2.83. The minimum atomic E-state index is -0.189. The van der Waals surface area contributed by atoms with Gasteiger partial charge in [0.15, 0.2) is 6.72 Å². The second-order valence-corrected chi connectivity index (χ2v) is 4.70. The zero-order valence-electron chi connectivity index (χ0n) is 12.1. The summed E-state index contributed by atoms with van der Waals surface area (Å²) in [5.41, 5.74) is 0.518. The Hall–Kier alpha value is -1.88. The third kappa shape index (κ3) is 4.37. The van der Waals surface area contributed by atoms with Gasteiger partial charge in [-0.15, -0.1) is 0 Å². The van der Waals surface area contributed by atoms with Crippen LogP contribution in [0.2, 0.25) is 0 Å².